The molecule has 0 aromatic carbocycles. The SMILES string of the molecule is NC(=S)c1ccncc1NCCS(N)(=O)=O. The minimum Gasteiger partial charge on any atom is -0.389 e. The van der Waals surface area contributed by atoms with Gasteiger partial charge in [0.2, 0.25) is 10.0 Å². The Bertz CT molecular complexity index is 487. The Morgan fingerprint density at radius 2 is 2.25 bits per heavy atom. The summed E-state index contributed by atoms with van der Waals surface area (Å²) in [4.78, 5) is 4.11. The van der Waals surface area contributed by atoms with Crippen LogP contribution in [0.3, 0.4) is 0 Å². The number of nitrogens with two attached hydrogens (primary N) is 2. The van der Waals surface area contributed by atoms with Gasteiger partial charge in [-0.25, -0.2) is 13.6 Å². The third-order valence-electron chi connectivity index (χ3n) is 1.79. The normalized spacial score (nSPS) is 11.1. The Morgan fingerprint density at radius 1 is 1.56 bits per heavy atom. The van der Waals surface area contributed by atoms with Crippen LogP contribution in [0.25, 0.3) is 0 Å². The Hall–Kier alpha value is -1.25. The van der Waals surface area contributed by atoms with Crippen LogP contribution in [0.1, 0.15) is 5.56 Å². The second-order valence-corrected chi connectivity index (χ2v) is 5.25. The molecule has 0 spiro atoms. The molecule has 0 amide bonds. The van der Waals surface area contributed by atoms with E-state index in [9.17, 15) is 8.42 Å². The molecular weight excluding hydrogens is 248 g/mol. The van der Waals surface area contributed by atoms with E-state index in [0.29, 0.717) is 11.3 Å². The fourth-order valence-electron chi connectivity index (χ4n) is 1.08. The topological polar surface area (TPSA) is 111 Å². The molecule has 0 saturated heterocycles. The molecule has 88 valence electrons. The van der Waals surface area contributed by atoms with Crippen LogP contribution in [0.15, 0.2) is 18.5 Å². The highest BCUT2D eigenvalue weighted by atomic mass is 32.2. The van der Waals surface area contributed by atoms with Crippen LogP contribution in [-0.4, -0.2) is 30.7 Å². The molecule has 1 rings (SSSR count). The van der Waals surface area contributed by atoms with Crippen molar-refractivity contribution in [3.05, 3.63) is 24.0 Å². The van der Waals surface area contributed by atoms with Gasteiger partial charge in [0.05, 0.1) is 17.6 Å². The molecule has 0 aliphatic carbocycles. The van der Waals surface area contributed by atoms with Crippen molar-refractivity contribution in [2.45, 2.75) is 0 Å². The van der Waals surface area contributed by atoms with E-state index in [1.54, 1.807) is 12.3 Å². The summed E-state index contributed by atoms with van der Waals surface area (Å²) in [5, 5.41) is 7.73. The molecule has 0 radical (unpaired) electrons. The molecule has 8 heteroatoms. The van der Waals surface area contributed by atoms with Gasteiger partial charge in [0.1, 0.15) is 4.99 Å². The van der Waals surface area contributed by atoms with E-state index >= 15 is 0 Å². The van der Waals surface area contributed by atoms with Gasteiger partial charge in [-0.05, 0) is 6.07 Å². The van der Waals surface area contributed by atoms with E-state index in [0.717, 1.165) is 0 Å². The number of nitrogens with zero attached hydrogens (tertiary/aromatic N) is 1. The first-order valence-electron chi connectivity index (χ1n) is 4.38. The predicted octanol–water partition coefficient (Wildman–Crippen LogP) is -0.584. The Labute approximate surface area is 99.1 Å². The number of hydrogen-bond donors (Lipinski definition) is 3. The van der Waals surface area contributed by atoms with Gasteiger partial charge in [-0.2, -0.15) is 0 Å². The fraction of sp³-hybridized carbons (Fsp3) is 0.250. The largest absolute Gasteiger partial charge is 0.389 e. The molecule has 1 aromatic heterocycles. The maximum Gasteiger partial charge on any atom is 0.210 e. The average molecular weight is 260 g/mol. The van der Waals surface area contributed by atoms with Crippen molar-refractivity contribution < 1.29 is 8.42 Å². The van der Waals surface area contributed by atoms with Crippen LogP contribution in [0.2, 0.25) is 0 Å². The van der Waals surface area contributed by atoms with E-state index in [2.05, 4.69) is 10.3 Å². The van der Waals surface area contributed by atoms with Crippen molar-refractivity contribution >= 4 is 32.9 Å². The third kappa shape index (κ3) is 4.09. The van der Waals surface area contributed by atoms with Gasteiger partial charge >= 0.3 is 0 Å². The zero-order chi connectivity index (χ0) is 12.2. The Morgan fingerprint density at radius 3 is 2.81 bits per heavy atom. The number of rotatable bonds is 5. The molecule has 0 aliphatic heterocycles. The molecule has 6 nitrogen and oxygen atoms in total. The standard InChI is InChI=1S/C8H12N4O2S2/c9-8(15)6-1-2-11-5-7(6)12-3-4-16(10,13)14/h1-2,5,12H,3-4H2,(H2,9,15)(H2,10,13,14). The van der Waals surface area contributed by atoms with E-state index in [4.69, 9.17) is 23.1 Å². The Kier molecular flexibility index (Phi) is 4.16. The highest BCUT2D eigenvalue weighted by Gasteiger charge is 2.06. The van der Waals surface area contributed by atoms with E-state index in [1.807, 2.05) is 0 Å². The van der Waals surface area contributed by atoms with Crippen LogP contribution in [0, 0.1) is 0 Å². The number of sulfonamides is 1. The van der Waals surface area contributed by atoms with Gasteiger partial charge in [0.25, 0.3) is 0 Å². The van der Waals surface area contributed by atoms with E-state index in [-0.39, 0.29) is 17.3 Å². The van der Waals surface area contributed by atoms with E-state index < -0.39 is 10.0 Å². The molecule has 1 aromatic rings. The Balaban J connectivity index is 2.71. The summed E-state index contributed by atoms with van der Waals surface area (Å²) < 4.78 is 21.4. The van der Waals surface area contributed by atoms with Crippen molar-refractivity contribution in [2.75, 3.05) is 17.6 Å². The molecule has 1 heterocycles. The maximum absolute atomic E-state index is 10.7. The number of primary sulfonamides is 1. The lowest BCUT2D eigenvalue weighted by molar-refractivity contribution is 0.598. The fourth-order valence-corrected chi connectivity index (χ4v) is 1.64. The first-order valence-corrected chi connectivity index (χ1v) is 6.50. The summed E-state index contributed by atoms with van der Waals surface area (Å²) in [5.41, 5.74) is 6.71. The quantitative estimate of drug-likeness (QED) is 0.611. The number of hydrogen-bond acceptors (Lipinski definition) is 5. The number of anilines is 1. The first-order chi connectivity index (χ1) is 7.40. The summed E-state index contributed by atoms with van der Waals surface area (Å²) in [6.45, 7) is 0.181. The lowest BCUT2D eigenvalue weighted by atomic mass is 10.2. The predicted molar refractivity (Wildman–Crippen MR) is 66.6 cm³/mol. The highest BCUT2D eigenvalue weighted by Crippen LogP contribution is 2.12. The van der Waals surface area contributed by atoms with Crippen LogP contribution in [-0.2, 0) is 10.0 Å². The molecule has 0 bridgehead atoms. The lowest BCUT2D eigenvalue weighted by Gasteiger charge is -2.09. The van der Waals surface area contributed by atoms with Crippen molar-refractivity contribution in [2.24, 2.45) is 10.9 Å². The van der Waals surface area contributed by atoms with Crippen molar-refractivity contribution in [1.29, 1.82) is 0 Å². The van der Waals surface area contributed by atoms with Gasteiger partial charge in [0, 0.05) is 18.3 Å². The van der Waals surface area contributed by atoms with Gasteiger partial charge in [-0.1, -0.05) is 12.2 Å². The number of nitrogens with one attached hydrogen (secondary N) is 1. The van der Waals surface area contributed by atoms with Gasteiger partial charge in [0.15, 0.2) is 0 Å². The monoisotopic (exact) mass is 260 g/mol. The van der Waals surface area contributed by atoms with Crippen molar-refractivity contribution in [3.8, 4) is 0 Å². The molecule has 0 aliphatic rings. The van der Waals surface area contributed by atoms with Crippen LogP contribution >= 0.6 is 12.2 Å². The minimum atomic E-state index is -3.47. The molecule has 0 atom stereocenters. The molecule has 0 fully saturated rings. The van der Waals surface area contributed by atoms with Gasteiger partial charge in [-0.3, -0.25) is 4.98 Å². The smallest absolute Gasteiger partial charge is 0.210 e. The number of aromatic nitrogens is 1. The highest BCUT2D eigenvalue weighted by molar-refractivity contribution is 7.89. The van der Waals surface area contributed by atoms with Gasteiger partial charge in [-0.15, -0.1) is 0 Å². The number of thiocarbonyl (C=S) groups is 1. The molecule has 16 heavy (non-hydrogen) atoms. The minimum absolute atomic E-state index is 0.168. The summed E-state index contributed by atoms with van der Waals surface area (Å²) in [6.07, 6.45) is 3.08. The molecule has 0 unspecified atom stereocenters. The summed E-state index contributed by atoms with van der Waals surface area (Å²) in [6, 6.07) is 1.65. The van der Waals surface area contributed by atoms with Crippen LogP contribution in [0.4, 0.5) is 5.69 Å². The zero-order valence-electron chi connectivity index (χ0n) is 8.38. The van der Waals surface area contributed by atoms with Gasteiger partial charge < -0.3 is 11.1 Å². The van der Waals surface area contributed by atoms with E-state index in [1.165, 1.54) is 6.20 Å². The molecule has 0 saturated carbocycles. The third-order valence-corrected chi connectivity index (χ3v) is 2.78. The van der Waals surface area contributed by atoms with Crippen LogP contribution in [0.5, 0.6) is 0 Å². The van der Waals surface area contributed by atoms with Crippen molar-refractivity contribution in [3.63, 3.8) is 0 Å². The lowest BCUT2D eigenvalue weighted by Crippen LogP contribution is -2.23. The summed E-state index contributed by atoms with van der Waals surface area (Å²) in [5.74, 6) is -0.168. The summed E-state index contributed by atoms with van der Waals surface area (Å²) in [7, 11) is -3.47. The zero-order valence-corrected chi connectivity index (χ0v) is 10.0. The second kappa shape index (κ2) is 5.19. The average Bonchev–Trinajstić information content (AvgIpc) is 2.16. The maximum atomic E-state index is 10.7. The molecular formula is C8H12N4O2S2. The second-order valence-electron chi connectivity index (χ2n) is 3.08. The summed E-state index contributed by atoms with van der Waals surface area (Å²) >= 11 is 4.84. The first kappa shape index (κ1) is 12.8. The number of pyridine rings is 1. The van der Waals surface area contributed by atoms with Crippen LogP contribution < -0.4 is 16.2 Å². The van der Waals surface area contributed by atoms with Crippen molar-refractivity contribution in [1.82, 2.24) is 4.98 Å². The molecule has 5 N–H and O–H groups in total.